The number of methoxy groups -OCH3 is 3. The van der Waals surface area contributed by atoms with Crippen molar-refractivity contribution in [3.8, 4) is 23.0 Å². The SMILES string of the molecule is COc1ccc([C@H]2[C@H](C)C(=O)N2c2cc(OC)c(C)c(OC)c2)cc1O. The molecule has 1 N–H and O–H groups in total. The summed E-state index contributed by atoms with van der Waals surface area (Å²) in [5.41, 5.74) is 2.42. The molecule has 1 heterocycles. The first-order chi connectivity index (χ1) is 12.4. The molecule has 1 amide bonds. The summed E-state index contributed by atoms with van der Waals surface area (Å²) in [5.74, 6) is 1.58. The molecule has 1 fully saturated rings. The average molecular weight is 357 g/mol. The van der Waals surface area contributed by atoms with Crippen molar-refractivity contribution in [1.29, 1.82) is 0 Å². The summed E-state index contributed by atoms with van der Waals surface area (Å²) in [6, 6.07) is 8.69. The number of anilines is 1. The Morgan fingerprint density at radius 1 is 0.962 bits per heavy atom. The number of rotatable bonds is 5. The molecule has 26 heavy (non-hydrogen) atoms. The van der Waals surface area contributed by atoms with E-state index in [1.807, 2.05) is 32.0 Å². The van der Waals surface area contributed by atoms with E-state index in [-0.39, 0.29) is 23.6 Å². The minimum Gasteiger partial charge on any atom is -0.504 e. The van der Waals surface area contributed by atoms with Gasteiger partial charge in [-0.25, -0.2) is 0 Å². The molecule has 3 rings (SSSR count). The summed E-state index contributed by atoms with van der Waals surface area (Å²) >= 11 is 0. The molecule has 2 atom stereocenters. The number of hydrogen-bond donors (Lipinski definition) is 1. The van der Waals surface area contributed by atoms with Gasteiger partial charge in [-0.3, -0.25) is 4.79 Å². The zero-order valence-electron chi connectivity index (χ0n) is 15.6. The van der Waals surface area contributed by atoms with Crippen molar-refractivity contribution in [3.63, 3.8) is 0 Å². The lowest BCUT2D eigenvalue weighted by atomic mass is 9.83. The minimum absolute atomic E-state index is 0.0123. The first-order valence-electron chi connectivity index (χ1n) is 8.35. The van der Waals surface area contributed by atoms with Gasteiger partial charge in [0.05, 0.1) is 39.0 Å². The van der Waals surface area contributed by atoms with Crippen molar-refractivity contribution in [2.24, 2.45) is 5.92 Å². The van der Waals surface area contributed by atoms with E-state index in [9.17, 15) is 9.90 Å². The maximum Gasteiger partial charge on any atom is 0.232 e. The van der Waals surface area contributed by atoms with Crippen LogP contribution in [0.2, 0.25) is 0 Å². The molecule has 2 aromatic carbocycles. The van der Waals surface area contributed by atoms with Crippen molar-refractivity contribution >= 4 is 11.6 Å². The molecule has 1 saturated heterocycles. The molecule has 0 radical (unpaired) electrons. The van der Waals surface area contributed by atoms with Gasteiger partial charge in [0, 0.05) is 17.7 Å². The highest BCUT2D eigenvalue weighted by Gasteiger charge is 2.46. The standard InChI is InChI=1S/C20H23NO5/c1-11-17(25-4)9-14(10-18(11)26-5)21-19(12(2)20(21)23)13-6-7-16(24-3)15(22)8-13/h6-10,12,19,22H,1-5H3/t12-,19+/m0/s1. The molecule has 0 unspecified atom stereocenters. The van der Waals surface area contributed by atoms with E-state index < -0.39 is 0 Å². The van der Waals surface area contributed by atoms with Gasteiger partial charge in [0.25, 0.3) is 0 Å². The van der Waals surface area contributed by atoms with E-state index in [0.717, 1.165) is 11.1 Å². The lowest BCUT2D eigenvalue weighted by Gasteiger charge is -2.46. The smallest absolute Gasteiger partial charge is 0.232 e. The largest absolute Gasteiger partial charge is 0.504 e. The van der Waals surface area contributed by atoms with Crippen molar-refractivity contribution in [1.82, 2.24) is 0 Å². The fourth-order valence-corrected chi connectivity index (χ4v) is 3.46. The third-order valence-corrected chi connectivity index (χ3v) is 4.94. The van der Waals surface area contributed by atoms with Gasteiger partial charge in [0.2, 0.25) is 5.91 Å². The molecule has 138 valence electrons. The maximum atomic E-state index is 12.6. The summed E-state index contributed by atoms with van der Waals surface area (Å²) < 4.78 is 16.0. The summed E-state index contributed by atoms with van der Waals surface area (Å²) in [4.78, 5) is 14.3. The van der Waals surface area contributed by atoms with E-state index in [1.54, 1.807) is 31.3 Å². The number of β-lactam (4-membered cyclic amide) rings is 1. The van der Waals surface area contributed by atoms with E-state index in [2.05, 4.69) is 0 Å². The summed E-state index contributed by atoms with van der Waals surface area (Å²) in [7, 11) is 4.68. The van der Waals surface area contributed by atoms with Crippen molar-refractivity contribution < 1.29 is 24.1 Å². The molecule has 0 aliphatic carbocycles. The van der Waals surface area contributed by atoms with E-state index in [4.69, 9.17) is 14.2 Å². The van der Waals surface area contributed by atoms with Crippen LogP contribution in [-0.2, 0) is 4.79 Å². The van der Waals surface area contributed by atoms with Crippen LogP contribution in [0.1, 0.15) is 24.1 Å². The second kappa shape index (κ2) is 6.78. The van der Waals surface area contributed by atoms with Crippen molar-refractivity contribution in [3.05, 3.63) is 41.5 Å². The average Bonchev–Trinajstić information content (AvgIpc) is 2.65. The Bertz CT molecular complexity index is 823. The Morgan fingerprint density at radius 3 is 2.04 bits per heavy atom. The number of carbonyl (C=O) groups excluding carboxylic acids is 1. The normalized spacial score (nSPS) is 19.1. The number of carbonyl (C=O) groups is 1. The highest BCUT2D eigenvalue weighted by molar-refractivity contribution is 6.03. The summed E-state index contributed by atoms with van der Waals surface area (Å²) in [5, 5.41) is 10.1. The molecule has 1 aliphatic rings. The molecular weight excluding hydrogens is 334 g/mol. The van der Waals surface area contributed by atoms with Gasteiger partial charge < -0.3 is 24.2 Å². The zero-order chi connectivity index (χ0) is 19.0. The van der Waals surface area contributed by atoms with Crippen LogP contribution in [0.4, 0.5) is 5.69 Å². The van der Waals surface area contributed by atoms with Gasteiger partial charge in [-0.15, -0.1) is 0 Å². The number of aromatic hydroxyl groups is 1. The number of nitrogens with zero attached hydrogens (tertiary/aromatic N) is 1. The molecule has 0 spiro atoms. The van der Waals surface area contributed by atoms with Crippen LogP contribution in [0, 0.1) is 12.8 Å². The predicted molar refractivity (Wildman–Crippen MR) is 98.3 cm³/mol. The van der Waals surface area contributed by atoms with Crippen LogP contribution in [0.5, 0.6) is 23.0 Å². The monoisotopic (exact) mass is 357 g/mol. The fraction of sp³-hybridized carbons (Fsp3) is 0.350. The lowest BCUT2D eigenvalue weighted by Crippen LogP contribution is -2.54. The maximum absolute atomic E-state index is 12.6. The molecule has 6 nitrogen and oxygen atoms in total. The third-order valence-electron chi connectivity index (χ3n) is 4.94. The predicted octanol–water partition coefficient (Wildman–Crippen LogP) is 3.45. The van der Waals surface area contributed by atoms with Gasteiger partial charge in [-0.05, 0) is 24.6 Å². The van der Waals surface area contributed by atoms with E-state index >= 15 is 0 Å². The molecule has 0 saturated carbocycles. The van der Waals surface area contributed by atoms with E-state index in [1.165, 1.54) is 7.11 Å². The lowest BCUT2D eigenvalue weighted by molar-refractivity contribution is -0.129. The second-order valence-electron chi connectivity index (χ2n) is 6.35. The Morgan fingerprint density at radius 2 is 1.54 bits per heavy atom. The van der Waals surface area contributed by atoms with Crippen LogP contribution in [0.3, 0.4) is 0 Å². The summed E-state index contributed by atoms with van der Waals surface area (Å²) in [6.07, 6.45) is 0. The second-order valence-corrected chi connectivity index (χ2v) is 6.35. The highest BCUT2D eigenvalue weighted by Crippen LogP contribution is 2.47. The van der Waals surface area contributed by atoms with Gasteiger partial charge in [0.1, 0.15) is 11.5 Å². The van der Waals surface area contributed by atoms with Crippen molar-refractivity contribution in [2.45, 2.75) is 19.9 Å². The number of amides is 1. The van der Waals surface area contributed by atoms with Gasteiger partial charge in [0.15, 0.2) is 11.5 Å². The quantitative estimate of drug-likeness (QED) is 0.830. The Balaban J connectivity index is 2.04. The molecular formula is C20H23NO5. The van der Waals surface area contributed by atoms with E-state index in [0.29, 0.717) is 22.9 Å². The fourth-order valence-electron chi connectivity index (χ4n) is 3.46. The minimum atomic E-state index is -0.193. The van der Waals surface area contributed by atoms with Gasteiger partial charge >= 0.3 is 0 Å². The number of benzene rings is 2. The van der Waals surface area contributed by atoms with Crippen LogP contribution < -0.4 is 19.1 Å². The molecule has 0 bridgehead atoms. The van der Waals surface area contributed by atoms with Crippen LogP contribution in [-0.4, -0.2) is 32.3 Å². The van der Waals surface area contributed by atoms with Crippen LogP contribution >= 0.6 is 0 Å². The first kappa shape index (κ1) is 17.9. The number of phenolic OH excluding ortho intramolecular Hbond substituents is 1. The Kier molecular flexibility index (Phi) is 4.68. The Labute approximate surface area is 152 Å². The van der Waals surface area contributed by atoms with Crippen LogP contribution in [0.15, 0.2) is 30.3 Å². The van der Waals surface area contributed by atoms with Gasteiger partial charge in [-0.2, -0.15) is 0 Å². The molecule has 1 aliphatic heterocycles. The third kappa shape index (κ3) is 2.71. The number of hydrogen-bond acceptors (Lipinski definition) is 5. The molecule has 2 aromatic rings. The number of phenols is 1. The zero-order valence-corrected chi connectivity index (χ0v) is 15.6. The topological polar surface area (TPSA) is 68.2 Å². The molecule has 6 heteroatoms. The number of ether oxygens (including phenoxy) is 3. The summed E-state index contributed by atoms with van der Waals surface area (Å²) in [6.45, 7) is 3.79. The van der Waals surface area contributed by atoms with Crippen molar-refractivity contribution in [2.75, 3.05) is 26.2 Å². The first-order valence-corrected chi connectivity index (χ1v) is 8.35. The van der Waals surface area contributed by atoms with Crippen LogP contribution in [0.25, 0.3) is 0 Å². The highest BCUT2D eigenvalue weighted by atomic mass is 16.5. The van der Waals surface area contributed by atoms with Gasteiger partial charge in [-0.1, -0.05) is 13.0 Å². The molecule has 0 aromatic heterocycles. The Hall–Kier alpha value is -2.89.